The van der Waals surface area contributed by atoms with Gasteiger partial charge in [-0.3, -0.25) is 9.59 Å². The minimum atomic E-state index is -0.442. The summed E-state index contributed by atoms with van der Waals surface area (Å²) in [5, 5.41) is 2.11. The van der Waals surface area contributed by atoms with Gasteiger partial charge in [0.2, 0.25) is 5.75 Å². The molecule has 0 spiro atoms. The maximum atomic E-state index is 11.6. The number of esters is 2. The molecule has 7 nitrogen and oxygen atoms in total. The summed E-state index contributed by atoms with van der Waals surface area (Å²) in [6.07, 6.45) is 0. The van der Waals surface area contributed by atoms with Gasteiger partial charge >= 0.3 is 11.9 Å². The van der Waals surface area contributed by atoms with E-state index in [1.54, 1.807) is 14.2 Å². The van der Waals surface area contributed by atoms with E-state index < -0.39 is 11.9 Å². The summed E-state index contributed by atoms with van der Waals surface area (Å²) in [7, 11) is 4.62. The first-order chi connectivity index (χ1) is 16.4. The molecule has 0 radical (unpaired) electrons. The molecule has 3 rings (SSSR count). The van der Waals surface area contributed by atoms with Crippen LogP contribution in [0.4, 0.5) is 0 Å². The molecule has 0 atom stereocenters. The number of carbonyl (C=O) groups is 2. The van der Waals surface area contributed by atoms with Gasteiger partial charge in [-0.25, -0.2) is 0 Å². The Morgan fingerprint density at radius 1 is 0.676 bits per heavy atom. The van der Waals surface area contributed by atoms with Gasteiger partial charge in [-0.05, 0) is 45.7 Å². The Kier molecular flexibility index (Phi) is 8.14. The molecule has 0 bridgehead atoms. The molecule has 0 unspecified atom stereocenters. The molecule has 0 fully saturated rings. The molecule has 0 aliphatic heterocycles. The lowest BCUT2D eigenvalue weighted by molar-refractivity contribution is -0.141. The fourth-order valence-corrected chi connectivity index (χ4v) is 3.71. The third-order valence-electron chi connectivity index (χ3n) is 5.24. The number of methoxy groups -OCH3 is 3. The summed E-state index contributed by atoms with van der Waals surface area (Å²) in [5.74, 6) is 0.503. The van der Waals surface area contributed by atoms with Crippen LogP contribution in [-0.4, -0.2) is 46.5 Å². The molecule has 3 aromatic carbocycles. The van der Waals surface area contributed by atoms with Gasteiger partial charge in [-0.2, -0.15) is 0 Å². The third kappa shape index (κ3) is 5.67. The molecular weight excluding hydrogens is 436 g/mol. The summed E-state index contributed by atoms with van der Waals surface area (Å²) in [6, 6.07) is 17.6. The van der Waals surface area contributed by atoms with Crippen molar-refractivity contribution in [3.8, 4) is 17.2 Å². The summed E-state index contributed by atoms with van der Waals surface area (Å²) in [6.45, 7) is 2.56. The molecule has 0 heterocycles. The van der Waals surface area contributed by atoms with Gasteiger partial charge < -0.3 is 23.7 Å². The van der Waals surface area contributed by atoms with Crippen LogP contribution in [0.5, 0.6) is 17.2 Å². The van der Waals surface area contributed by atoms with Crippen molar-refractivity contribution < 1.29 is 33.3 Å². The maximum absolute atomic E-state index is 11.6. The smallest absolute Gasteiger partial charge is 0.302 e. The Labute approximate surface area is 198 Å². The van der Waals surface area contributed by atoms with E-state index in [1.807, 2.05) is 54.6 Å². The molecule has 0 saturated carbocycles. The lowest BCUT2D eigenvalue weighted by atomic mass is 9.91. The normalized spacial score (nSPS) is 10.4. The van der Waals surface area contributed by atoms with Gasteiger partial charge in [0.15, 0.2) is 11.5 Å². The average molecular weight is 465 g/mol. The Bertz CT molecular complexity index is 1180. The largest absolute Gasteiger partial charge is 0.493 e. The summed E-state index contributed by atoms with van der Waals surface area (Å²) in [4.78, 5) is 23.3. The van der Waals surface area contributed by atoms with Crippen LogP contribution in [0.15, 0.2) is 60.2 Å². The van der Waals surface area contributed by atoms with E-state index >= 15 is 0 Å². The summed E-state index contributed by atoms with van der Waals surface area (Å²) < 4.78 is 27.2. The Morgan fingerprint density at radius 2 is 1.24 bits per heavy atom. The Morgan fingerprint density at radius 3 is 1.74 bits per heavy atom. The first-order valence-electron chi connectivity index (χ1n) is 10.7. The van der Waals surface area contributed by atoms with E-state index in [9.17, 15) is 9.59 Å². The highest BCUT2D eigenvalue weighted by Gasteiger charge is 2.20. The average Bonchev–Trinajstić information content (AvgIpc) is 2.84. The van der Waals surface area contributed by atoms with Gasteiger partial charge in [-0.1, -0.05) is 36.4 Å². The van der Waals surface area contributed by atoms with E-state index in [0.29, 0.717) is 22.8 Å². The lowest BCUT2D eigenvalue weighted by Gasteiger charge is -2.20. The predicted octanol–water partition coefficient (Wildman–Crippen LogP) is 4.79. The number of benzene rings is 3. The maximum Gasteiger partial charge on any atom is 0.302 e. The Balaban J connectivity index is 2.32. The standard InChI is InChI=1S/C27H28O7/c1-17(28)33-15-23(16-34-18(2)29)26(21-11-10-19-8-6-7-9-20(19)12-21)22-13-24(30-3)27(32-5)25(14-22)31-4/h6-14H,15-16H2,1-5H3. The van der Waals surface area contributed by atoms with Crippen LogP contribution >= 0.6 is 0 Å². The molecule has 0 N–H and O–H groups in total. The zero-order valence-electron chi connectivity index (χ0n) is 20.0. The molecule has 3 aromatic rings. The molecule has 0 amide bonds. The number of rotatable bonds is 9. The van der Waals surface area contributed by atoms with E-state index in [1.165, 1.54) is 21.0 Å². The molecular formula is C27H28O7. The number of ether oxygens (including phenoxy) is 5. The number of hydrogen-bond acceptors (Lipinski definition) is 7. The molecule has 7 heteroatoms. The Hall–Kier alpha value is -4.00. The molecule has 0 saturated heterocycles. The van der Waals surface area contributed by atoms with Crippen LogP contribution in [0.2, 0.25) is 0 Å². The fraction of sp³-hybridized carbons (Fsp3) is 0.259. The van der Waals surface area contributed by atoms with Gasteiger partial charge in [0, 0.05) is 19.4 Å². The van der Waals surface area contributed by atoms with Crippen molar-refractivity contribution in [2.75, 3.05) is 34.5 Å². The van der Waals surface area contributed by atoms with Gasteiger partial charge in [0.1, 0.15) is 13.2 Å². The first-order valence-corrected chi connectivity index (χ1v) is 10.7. The van der Waals surface area contributed by atoms with Crippen molar-refractivity contribution in [1.29, 1.82) is 0 Å². The third-order valence-corrected chi connectivity index (χ3v) is 5.24. The molecule has 0 aromatic heterocycles. The van der Waals surface area contributed by atoms with Crippen molar-refractivity contribution in [1.82, 2.24) is 0 Å². The molecule has 178 valence electrons. The van der Waals surface area contributed by atoms with Crippen LogP contribution in [0.1, 0.15) is 25.0 Å². The van der Waals surface area contributed by atoms with E-state index in [0.717, 1.165) is 27.5 Å². The zero-order valence-corrected chi connectivity index (χ0v) is 20.0. The number of carbonyl (C=O) groups excluding carboxylic acids is 2. The second-order valence-corrected chi connectivity index (χ2v) is 7.52. The SMILES string of the molecule is COc1cc(C(=C(COC(C)=O)COC(C)=O)c2ccc3ccccc3c2)cc(OC)c1OC. The van der Waals surface area contributed by atoms with Crippen molar-refractivity contribution in [3.63, 3.8) is 0 Å². The monoisotopic (exact) mass is 464 g/mol. The summed E-state index contributed by atoms with van der Waals surface area (Å²) in [5.41, 5.74) is 2.91. The molecule has 0 aliphatic rings. The van der Waals surface area contributed by atoms with E-state index in [4.69, 9.17) is 23.7 Å². The van der Waals surface area contributed by atoms with Crippen molar-refractivity contribution in [2.24, 2.45) is 0 Å². The lowest BCUT2D eigenvalue weighted by Crippen LogP contribution is -2.13. The van der Waals surface area contributed by atoms with Gasteiger partial charge in [0.25, 0.3) is 0 Å². The van der Waals surface area contributed by atoms with Crippen LogP contribution in [-0.2, 0) is 19.1 Å². The minimum Gasteiger partial charge on any atom is -0.493 e. The highest BCUT2D eigenvalue weighted by Crippen LogP contribution is 2.42. The highest BCUT2D eigenvalue weighted by atomic mass is 16.5. The fourth-order valence-electron chi connectivity index (χ4n) is 3.71. The van der Waals surface area contributed by atoms with Crippen LogP contribution in [0.3, 0.4) is 0 Å². The second kappa shape index (κ2) is 11.2. The summed E-state index contributed by atoms with van der Waals surface area (Å²) >= 11 is 0. The first kappa shape index (κ1) is 24.6. The van der Waals surface area contributed by atoms with Crippen LogP contribution in [0.25, 0.3) is 16.3 Å². The second-order valence-electron chi connectivity index (χ2n) is 7.52. The van der Waals surface area contributed by atoms with E-state index in [-0.39, 0.29) is 13.2 Å². The van der Waals surface area contributed by atoms with Gasteiger partial charge in [-0.15, -0.1) is 0 Å². The van der Waals surface area contributed by atoms with Crippen molar-refractivity contribution >= 4 is 28.3 Å². The van der Waals surface area contributed by atoms with Crippen LogP contribution in [0, 0.1) is 0 Å². The number of fused-ring (bicyclic) bond motifs is 1. The number of hydrogen-bond donors (Lipinski definition) is 0. The topological polar surface area (TPSA) is 80.3 Å². The van der Waals surface area contributed by atoms with Crippen LogP contribution < -0.4 is 14.2 Å². The van der Waals surface area contributed by atoms with Gasteiger partial charge in [0.05, 0.1) is 21.3 Å². The predicted molar refractivity (Wildman–Crippen MR) is 129 cm³/mol. The zero-order chi connectivity index (χ0) is 24.7. The van der Waals surface area contributed by atoms with Crippen molar-refractivity contribution in [3.05, 3.63) is 71.3 Å². The minimum absolute atomic E-state index is 0.0541. The quantitative estimate of drug-likeness (QED) is 0.421. The molecule has 34 heavy (non-hydrogen) atoms. The van der Waals surface area contributed by atoms with E-state index in [2.05, 4.69) is 0 Å². The van der Waals surface area contributed by atoms with Crippen molar-refractivity contribution in [2.45, 2.75) is 13.8 Å². The highest BCUT2D eigenvalue weighted by molar-refractivity contribution is 5.91. The molecule has 0 aliphatic carbocycles.